The molecule has 1 heterocycles. The number of carbonyl (C=O) groups is 1. The van der Waals surface area contributed by atoms with Crippen LogP contribution in [0.4, 0.5) is 11.4 Å². The van der Waals surface area contributed by atoms with Crippen molar-refractivity contribution >= 4 is 52.1 Å². The lowest BCUT2D eigenvalue weighted by molar-refractivity contribution is -0.384. The van der Waals surface area contributed by atoms with Gasteiger partial charge in [-0.25, -0.2) is 0 Å². The Kier molecular flexibility index (Phi) is 3.60. The first-order chi connectivity index (χ1) is 10.5. The van der Waals surface area contributed by atoms with Gasteiger partial charge < -0.3 is 5.32 Å². The number of nitrogens with zero attached hydrogens (tertiary/aromatic N) is 1. The van der Waals surface area contributed by atoms with Gasteiger partial charge in [0, 0.05) is 22.2 Å². The number of hydrogen-bond donors (Lipinski definition) is 1. The number of nitro groups is 1. The smallest absolute Gasteiger partial charge is 0.288 e. The summed E-state index contributed by atoms with van der Waals surface area (Å²) < 4.78 is 0. The summed E-state index contributed by atoms with van der Waals surface area (Å²) >= 11 is 11.8. The van der Waals surface area contributed by atoms with Crippen molar-refractivity contribution < 1.29 is 9.72 Å². The van der Waals surface area contributed by atoms with Crippen LogP contribution >= 0.6 is 23.2 Å². The second-order valence-electron chi connectivity index (χ2n) is 4.67. The van der Waals surface area contributed by atoms with Crippen molar-refractivity contribution in [1.29, 1.82) is 0 Å². The van der Waals surface area contributed by atoms with Crippen LogP contribution in [-0.2, 0) is 4.79 Å². The van der Waals surface area contributed by atoms with Gasteiger partial charge in [-0.15, -0.1) is 0 Å². The normalized spacial score (nSPS) is 14.8. The Hall–Kier alpha value is -2.37. The van der Waals surface area contributed by atoms with Gasteiger partial charge in [0.25, 0.3) is 11.6 Å². The summed E-state index contributed by atoms with van der Waals surface area (Å²) in [6, 6.07) is 9.64. The molecule has 1 amide bonds. The van der Waals surface area contributed by atoms with Crippen molar-refractivity contribution in [3.63, 3.8) is 0 Å². The van der Waals surface area contributed by atoms with Crippen LogP contribution in [0, 0.1) is 10.1 Å². The highest BCUT2D eigenvalue weighted by Crippen LogP contribution is 2.39. The molecule has 0 aromatic heterocycles. The maximum atomic E-state index is 12.1. The summed E-state index contributed by atoms with van der Waals surface area (Å²) in [5.41, 5.74) is 1.71. The monoisotopic (exact) mass is 334 g/mol. The van der Waals surface area contributed by atoms with E-state index >= 15 is 0 Å². The Morgan fingerprint density at radius 1 is 1.18 bits per heavy atom. The molecule has 0 spiro atoms. The lowest BCUT2D eigenvalue weighted by Gasteiger charge is -2.01. The molecule has 0 saturated carbocycles. The molecular weight excluding hydrogens is 327 g/mol. The number of amides is 1. The number of rotatable bonds is 2. The van der Waals surface area contributed by atoms with Crippen LogP contribution < -0.4 is 5.32 Å². The second kappa shape index (κ2) is 5.44. The minimum atomic E-state index is -0.581. The molecule has 2 aromatic rings. The zero-order valence-electron chi connectivity index (χ0n) is 11.0. The van der Waals surface area contributed by atoms with Crippen LogP contribution in [-0.4, -0.2) is 10.8 Å². The van der Waals surface area contributed by atoms with E-state index in [2.05, 4.69) is 5.32 Å². The Morgan fingerprint density at radius 2 is 1.95 bits per heavy atom. The molecule has 22 heavy (non-hydrogen) atoms. The maximum Gasteiger partial charge on any atom is 0.288 e. The maximum absolute atomic E-state index is 12.1. The van der Waals surface area contributed by atoms with Gasteiger partial charge in [-0.05, 0) is 29.8 Å². The van der Waals surface area contributed by atoms with E-state index < -0.39 is 4.92 Å². The molecule has 0 fully saturated rings. The number of carbonyl (C=O) groups excluding carboxylic acids is 1. The first-order valence-corrected chi connectivity index (χ1v) is 6.98. The Balaban J connectivity index is 2.15. The minimum absolute atomic E-state index is 0.0203. The fourth-order valence-corrected chi connectivity index (χ4v) is 2.68. The summed E-state index contributed by atoms with van der Waals surface area (Å²) in [6.07, 6.45) is 1.63. The summed E-state index contributed by atoms with van der Waals surface area (Å²) in [5.74, 6) is -0.341. The first kappa shape index (κ1) is 14.6. The molecule has 5 nitrogen and oxygen atoms in total. The van der Waals surface area contributed by atoms with Crippen LogP contribution in [0.5, 0.6) is 0 Å². The third-order valence-corrected chi connectivity index (χ3v) is 3.76. The molecule has 2 aromatic carbocycles. The Morgan fingerprint density at radius 3 is 2.64 bits per heavy atom. The second-order valence-corrected chi connectivity index (χ2v) is 5.52. The van der Waals surface area contributed by atoms with Crippen LogP contribution in [0.25, 0.3) is 11.6 Å². The van der Waals surface area contributed by atoms with Crippen molar-refractivity contribution in [3.05, 3.63) is 67.7 Å². The van der Waals surface area contributed by atoms with Crippen molar-refractivity contribution in [1.82, 2.24) is 0 Å². The van der Waals surface area contributed by atoms with Gasteiger partial charge in [-0.3, -0.25) is 14.9 Å². The van der Waals surface area contributed by atoms with Gasteiger partial charge in [-0.1, -0.05) is 35.3 Å². The average Bonchev–Trinajstić information content (AvgIpc) is 2.73. The highest BCUT2D eigenvalue weighted by atomic mass is 35.5. The predicted molar refractivity (Wildman–Crippen MR) is 86.1 cm³/mol. The highest BCUT2D eigenvalue weighted by molar-refractivity contribution is 6.37. The van der Waals surface area contributed by atoms with Gasteiger partial charge >= 0.3 is 0 Å². The number of nitrogens with one attached hydrogen (secondary N) is 1. The van der Waals surface area contributed by atoms with Gasteiger partial charge in [0.2, 0.25) is 0 Å². The standard InChI is InChI=1S/C15H8Cl2N2O3/c16-9-3-1-2-8(4-9)5-11-10-6-14(19(21)22)12(17)7-13(10)18-15(11)20/h1-7H,(H,18,20)/b11-5+. The zero-order chi connectivity index (χ0) is 15.9. The summed E-state index contributed by atoms with van der Waals surface area (Å²) in [6.45, 7) is 0. The molecule has 0 unspecified atom stereocenters. The van der Waals surface area contributed by atoms with E-state index in [4.69, 9.17) is 23.2 Å². The van der Waals surface area contributed by atoms with Crippen LogP contribution in [0.3, 0.4) is 0 Å². The molecule has 7 heteroatoms. The molecule has 0 atom stereocenters. The number of halogens is 2. The third-order valence-electron chi connectivity index (χ3n) is 3.23. The van der Waals surface area contributed by atoms with Crippen molar-refractivity contribution in [2.45, 2.75) is 0 Å². The van der Waals surface area contributed by atoms with E-state index in [9.17, 15) is 14.9 Å². The van der Waals surface area contributed by atoms with Crippen molar-refractivity contribution in [3.8, 4) is 0 Å². The molecule has 1 aliphatic heterocycles. The third kappa shape index (κ3) is 2.56. The molecule has 0 radical (unpaired) electrons. The molecule has 110 valence electrons. The quantitative estimate of drug-likeness (QED) is 0.502. The predicted octanol–water partition coefficient (Wildman–Crippen LogP) is 4.39. The van der Waals surface area contributed by atoms with Gasteiger partial charge in [0.05, 0.1) is 10.6 Å². The highest BCUT2D eigenvalue weighted by Gasteiger charge is 2.28. The zero-order valence-corrected chi connectivity index (χ0v) is 12.5. The van der Waals surface area contributed by atoms with Crippen LogP contribution in [0.15, 0.2) is 36.4 Å². The summed E-state index contributed by atoms with van der Waals surface area (Å²) in [5, 5.41) is 14.2. The van der Waals surface area contributed by atoms with Gasteiger partial charge in [0.15, 0.2) is 0 Å². The number of hydrogen-bond acceptors (Lipinski definition) is 3. The molecule has 1 N–H and O–H groups in total. The van der Waals surface area contributed by atoms with E-state index in [1.807, 2.05) is 0 Å². The average molecular weight is 335 g/mol. The molecule has 3 rings (SSSR count). The van der Waals surface area contributed by atoms with Gasteiger partial charge in [-0.2, -0.15) is 0 Å². The number of benzene rings is 2. The Bertz CT molecular complexity index is 847. The van der Waals surface area contributed by atoms with E-state index in [0.29, 0.717) is 21.8 Å². The first-order valence-electron chi connectivity index (χ1n) is 6.22. The van der Waals surface area contributed by atoms with Crippen molar-refractivity contribution in [2.75, 3.05) is 5.32 Å². The SMILES string of the molecule is O=C1Nc2cc(Cl)c([N+](=O)[O-])cc2/C1=C\c1cccc(Cl)c1. The lowest BCUT2D eigenvalue weighted by Crippen LogP contribution is -2.03. The van der Waals surface area contributed by atoms with Crippen LogP contribution in [0.1, 0.15) is 11.1 Å². The fourth-order valence-electron chi connectivity index (χ4n) is 2.25. The molecular formula is C15H8Cl2N2O3. The minimum Gasteiger partial charge on any atom is -0.321 e. The lowest BCUT2D eigenvalue weighted by atomic mass is 10.0. The number of anilines is 1. The largest absolute Gasteiger partial charge is 0.321 e. The Labute approximate surface area is 135 Å². The fraction of sp³-hybridized carbons (Fsp3) is 0. The summed E-state index contributed by atoms with van der Waals surface area (Å²) in [4.78, 5) is 22.5. The molecule has 0 aliphatic carbocycles. The van der Waals surface area contributed by atoms with E-state index in [0.717, 1.165) is 5.56 Å². The molecule has 0 bridgehead atoms. The van der Waals surface area contributed by atoms with E-state index in [1.165, 1.54) is 12.1 Å². The molecule has 1 aliphatic rings. The summed E-state index contributed by atoms with van der Waals surface area (Å²) in [7, 11) is 0. The van der Waals surface area contributed by atoms with E-state index in [-0.39, 0.29) is 16.6 Å². The van der Waals surface area contributed by atoms with Crippen molar-refractivity contribution in [2.24, 2.45) is 0 Å². The van der Waals surface area contributed by atoms with E-state index in [1.54, 1.807) is 30.3 Å². The number of nitro benzene ring substituents is 1. The number of fused-ring (bicyclic) bond motifs is 1. The van der Waals surface area contributed by atoms with Crippen LogP contribution in [0.2, 0.25) is 10.0 Å². The molecule has 0 saturated heterocycles. The topological polar surface area (TPSA) is 72.2 Å². The van der Waals surface area contributed by atoms with Gasteiger partial charge in [0.1, 0.15) is 5.02 Å².